The highest BCUT2D eigenvalue weighted by molar-refractivity contribution is 7.09. The minimum Gasteiger partial charge on any atom is -0.493 e. The first kappa shape index (κ1) is 15.2. The minimum absolute atomic E-state index is 0.562. The van der Waals surface area contributed by atoms with E-state index in [1.54, 1.807) is 18.4 Å². The van der Waals surface area contributed by atoms with Crippen LogP contribution in [0.4, 0.5) is 0 Å². The van der Waals surface area contributed by atoms with Crippen molar-refractivity contribution in [1.29, 1.82) is 0 Å². The number of hydrogen-bond acceptors (Lipinski definition) is 4. The Balaban J connectivity index is 2.02. The van der Waals surface area contributed by atoms with E-state index in [0.717, 1.165) is 18.7 Å². The quantitative estimate of drug-likeness (QED) is 0.835. The van der Waals surface area contributed by atoms with Crippen LogP contribution >= 0.6 is 22.9 Å². The predicted octanol–water partition coefficient (Wildman–Crippen LogP) is 4.10. The molecule has 0 aliphatic carbocycles. The van der Waals surface area contributed by atoms with Gasteiger partial charge < -0.3 is 14.8 Å². The van der Waals surface area contributed by atoms with Gasteiger partial charge in [0.25, 0.3) is 0 Å². The molecule has 0 saturated heterocycles. The summed E-state index contributed by atoms with van der Waals surface area (Å²) < 4.78 is 10.8. The largest absolute Gasteiger partial charge is 0.493 e. The third kappa shape index (κ3) is 3.88. The van der Waals surface area contributed by atoms with Gasteiger partial charge in [0.2, 0.25) is 0 Å². The molecule has 2 rings (SSSR count). The lowest BCUT2D eigenvalue weighted by molar-refractivity contribution is 0.311. The van der Waals surface area contributed by atoms with Gasteiger partial charge in [-0.25, -0.2) is 0 Å². The Morgan fingerprint density at radius 3 is 2.80 bits per heavy atom. The van der Waals surface area contributed by atoms with Crippen LogP contribution in [0.1, 0.15) is 17.4 Å². The van der Waals surface area contributed by atoms with E-state index in [1.165, 1.54) is 4.88 Å². The number of halogens is 1. The van der Waals surface area contributed by atoms with Gasteiger partial charge in [-0.05, 0) is 36.1 Å². The van der Waals surface area contributed by atoms with E-state index in [4.69, 9.17) is 21.1 Å². The summed E-state index contributed by atoms with van der Waals surface area (Å²) >= 11 is 7.98. The minimum atomic E-state index is 0.562. The van der Waals surface area contributed by atoms with Crippen LogP contribution in [0.3, 0.4) is 0 Å². The maximum absolute atomic E-state index is 6.24. The number of nitrogens with one attached hydrogen (secondary N) is 1. The molecule has 0 unspecified atom stereocenters. The Labute approximate surface area is 128 Å². The lowest BCUT2D eigenvalue weighted by Gasteiger charge is -2.13. The SMILES string of the molecule is CCOc1c(Cl)cc(CNCc2cccs2)cc1OC. The molecular formula is C15H18ClNO2S. The lowest BCUT2D eigenvalue weighted by Crippen LogP contribution is -2.12. The van der Waals surface area contributed by atoms with Crippen molar-refractivity contribution in [3.05, 3.63) is 45.1 Å². The van der Waals surface area contributed by atoms with Gasteiger partial charge in [-0.3, -0.25) is 0 Å². The third-order valence-corrected chi connectivity index (χ3v) is 3.94. The zero-order valence-corrected chi connectivity index (χ0v) is 13.2. The van der Waals surface area contributed by atoms with Gasteiger partial charge in [-0.1, -0.05) is 17.7 Å². The molecule has 3 nitrogen and oxygen atoms in total. The molecule has 0 fully saturated rings. The summed E-state index contributed by atoms with van der Waals surface area (Å²) in [5.74, 6) is 1.28. The number of thiophene rings is 1. The summed E-state index contributed by atoms with van der Waals surface area (Å²) in [6.45, 7) is 4.07. The van der Waals surface area contributed by atoms with Crippen LogP contribution in [0.2, 0.25) is 5.02 Å². The predicted molar refractivity (Wildman–Crippen MR) is 84.0 cm³/mol. The standard InChI is InChI=1S/C15H18ClNO2S/c1-3-19-15-13(16)7-11(8-14(15)18-2)9-17-10-12-5-4-6-20-12/h4-8,17H,3,9-10H2,1-2H3. The van der Waals surface area contributed by atoms with Crippen molar-refractivity contribution in [3.8, 4) is 11.5 Å². The van der Waals surface area contributed by atoms with Crippen molar-refractivity contribution >= 4 is 22.9 Å². The van der Waals surface area contributed by atoms with Crippen molar-refractivity contribution in [3.63, 3.8) is 0 Å². The zero-order valence-electron chi connectivity index (χ0n) is 11.6. The average molecular weight is 312 g/mol. The molecule has 0 amide bonds. The second-order valence-electron chi connectivity index (χ2n) is 4.22. The Bertz CT molecular complexity index is 543. The molecule has 2 aromatic rings. The van der Waals surface area contributed by atoms with Crippen LogP contribution in [0.25, 0.3) is 0 Å². The lowest BCUT2D eigenvalue weighted by atomic mass is 10.2. The Morgan fingerprint density at radius 1 is 1.30 bits per heavy atom. The molecule has 0 saturated carbocycles. The van der Waals surface area contributed by atoms with Crippen LogP contribution in [0, 0.1) is 0 Å². The average Bonchev–Trinajstić information content (AvgIpc) is 2.94. The van der Waals surface area contributed by atoms with Crippen molar-refractivity contribution in [1.82, 2.24) is 5.32 Å². The molecule has 20 heavy (non-hydrogen) atoms. The number of hydrogen-bond donors (Lipinski definition) is 1. The van der Waals surface area contributed by atoms with Crippen LogP contribution in [0.5, 0.6) is 11.5 Å². The van der Waals surface area contributed by atoms with Crippen LogP contribution < -0.4 is 14.8 Å². The first-order valence-corrected chi connectivity index (χ1v) is 7.72. The monoisotopic (exact) mass is 311 g/mol. The fourth-order valence-corrected chi connectivity index (χ4v) is 2.87. The third-order valence-electron chi connectivity index (χ3n) is 2.79. The van der Waals surface area contributed by atoms with E-state index in [9.17, 15) is 0 Å². The molecule has 0 bridgehead atoms. The summed E-state index contributed by atoms with van der Waals surface area (Å²) in [6, 6.07) is 8.04. The summed E-state index contributed by atoms with van der Waals surface area (Å²) in [5.41, 5.74) is 1.08. The highest BCUT2D eigenvalue weighted by Crippen LogP contribution is 2.36. The number of benzene rings is 1. The highest BCUT2D eigenvalue weighted by Gasteiger charge is 2.11. The van der Waals surface area contributed by atoms with E-state index < -0.39 is 0 Å². The molecular weight excluding hydrogens is 294 g/mol. The smallest absolute Gasteiger partial charge is 0.179 e. The second-order valence-corrected chi connectivity index (χ2v) is 5.66. The summed E-state index contributed by atoms with van der Waals surface area (Å²) in [5, 5.41) is 6.05. The molecule has 5 heteroatoms. The van der Waals surface area contributed by atoms with Gasteiger partial charge in [-0.2, -0.15) is 0 Å². The molecule has 1 N–H and O–H groups in total. The van der Waals surface area contributed by atoms with Gasteiger partial charge in [-0.15, -0.1) is 11.3 Å². The Morgan fingerprint density at radius 2 is 2.15 bits per heavy atom. The Hall–Kier alpha value is -1.23. The van der Waals surface area contributed by atoms with E-state index >= 15 is 0 Å². The highest BCUT2D eigenvalue weighted by atomic mass is 35.5. The number of rotatable bonds is 7. The molecule has 1 aromatic heterocycles. The van der Waals surface area contributed by atoms with E-state index in [2.05, 4.69) is 22.8 Å². The van der Waals surface area contributed by atoms with Gasteiger partial charge in [0.05, 0.1) is 18.7 Å². The van der Waals surface area contributed by atoms with Crippen LogP contribution in [-0.2, 0) is 13.1 Å². The van der Waals surface area contributed by atoms with Gasteiger partial charge in [0.1, 0.15) is 0 Å². The first-order valence-electron chi connectivity index (χ1n) is 6.47. The molecule has 0 aliphatic rings. The van der Waals surface area contributed by atoms with E-state index in [-0.39, 0.29) is 0 Å². The van der Waals surface area contributed by atoms with Crippen molar-refractivity contribution in [2.24, 2.45) is 0 Å². The van der Waals surface area contributed by atoms with Crippen molar-refractivity contribution < 1.29 is 9.47 Å². The normalized spacial score (nSPS) is 10.6. The van der Waals surface area contributed by atoms with Crippen LogP contribution in [-0.4, -0.2) is 13.7 Å². The number of methoxy groups -OCH3 is 1. The Kier molecular flexibility index (Phi) is 5.71. The second kappa shape index (κ2) is 7.53. The number of ether oxygens (including phenoxy) is 2. The maximum Gasteiger partial charge on any atom is 0.179 e. The molecule has 0 radical (unpaired) electrons. The van der Waals surface area contributed by atoms with Gasteiger partial charge >= 0.3 is 0 Å². The summed E-state index contributed by atoms with van der Waals surface area (Å²) in [7, 11) is 1.62. The van der Waals surface area contributed by atoms with E-state index in [0.29, 0.717) is 23.1 Å². The molecule has 108 valence electrons. The fourth-order valence-electron chi connectivity index (χ4n) is 1.90. The summed E-state index contributed by atoms with van der Waals surface area (Å²) in [6.07, 6.45) is 0. The van der Waals surface area contributed by atoms with E-state index in [1.807, 2.05) is 19.1 Å². The topological polar surface area (TPSA) is 30.5 Å². The first-order chi connectivity index (χ1) is 9.74. The molecule has 1 aromatic carbocycles. The molecule has 0 spiro atoms. The fraction of sp³-hybridized carbons (Fsp3) is 0.333. The molecule has 0 aliphatic heterocycles. The van der Waals surface area contributed by atoms with Gasteiger partial charge in [0.15, 0.2) is 11.5 Å². The summed E-state index contributed by atoms with van der Waals surface area (Å²) in [4.78, 5) is 1.31. The maximum atomic E-state index is 6.24. The molecule has 0 atom stereocenters. The molecule has 1 heterocycles. The van der Waals surface area contributed by atoms with Gasteiger partial charge in [0, 0.05) is 18.0 Å². The zero-order chi connectivity index (χ0) is 14.4. The van der Waals surface area contributed by atoms with Crippen molar-refractivity contribution in [2.45, 2.75) is 20.0 Å². The van der Waals surface area contributed by atoms with Crippen molar-refractivity contribution in [2.75, 3.05) is 13.7 Å². The van der Waals surface area contributed by atoms with Crippen LogP contribution in [0.15, 0.2) is 29.6 Å².